The first-order valence-electron chi connectivity index (χ1n) is 6.71. The molecule has 0 aliphatic carbocycles. The van der Waals surface area contributed by atoms with Crippen LogP contribution >= 0.6 is 0 Å². The van der Waals surface area contributed by atoms with Crippen LogP contribution in [0.15, 0.2) is 0 Å². The lowest BCUT2D eigenvalue weighted by atomic mass is 10.2. The van der Waals surface area contributed by atoms with Gasteiger partial charge in [-0.3, -0.25) is 0 Å². The maximum absolute atomic E-state index is 5.57. The number of aromatic nitrogens is 3. The Balaban J connectivity index is 1.88. The minimum atomic E-state index is 0.311. The van der Waals surface area contributed by atoms with Crippen molar-refractivity contribution < 1.29 is 9.47 Å². The molecular weight excluding hydrogens is 246 g/mol. The second-order valence-electron chi connectivity index (χ2n) is 4.35. The van der Waals surface area contributed by atoms with Crippen molar-refractivity contribution in [2.24, 2.45) is 0 Å². The van der Waals surface area contributed by atoms with Gasteiger partial charge in [-0.2, -0.15) is 15.0 Å². The summed E-state index contributed by atoms with van der Waals surface area (Å²) < 4.78 is 10.6. The molecule has 2 rings (SSSR count). The van der Waals surface area contributed by atoms with Gasteiger partial charge in [0.05, 0.1) is 13.2 Å². The highest BCUT2D eigenvalue weighted by Gasteiger charge is 2.15. The molecule has 0 aromatic carbocycles. The number of hydrogen-bond acceptors (Lipinski definition) is 7. The predicted octanol–water partition coefficient (Wildman–Crippen LogP) is 1.29. The van der Waals surface area contributed by atoms with E-state index < -0.39 is 0 Å². The quantitative estimate of drug-likeness (QED) is 0.770. The molecule has 0 saturated carbocycles. The van der Waals surface area contributed by atoms with E-state index in [4.69, 9.17) is 9.47 Å². The van der Waals surface area contributed by atoms with Crippen molar-refractivity contribution in [1.29, 1.82) is 0 Å². The second-order valence-corrected chi connectivity index (χ2v) is 4.35. The molecule has 0 amide bonds. The molecule has 19 heavy (non-hydrogen) atoms. The van der Waals surface area contributed by atoms with Gasteiger partial charge in [-0.25, -0.2) is 0 Å². The van der Waals surface area contributed by atoms with Crippen LogP contribution in [-0.2, 0) is 4.74 Å². The van der Waals surface area contributed by atoms with E-state index in [0.717, 1.165) is 39.0 Å². The average Bonchev–Trinajstić information content (AvgIpc) is 2.92. The normalized spacial score (nSPS) is 18.3. The first-order chi connectivity index (χ1) is 9.31. The van der Waals surface area contributed by atoms with Gasteiger partial charge in [0.25, 0.3) is 0 Å². The molecule has 7 heteroatoms. The van der Waals surface area contributed by atoms with Crippen LogP contribution in [0.4, 0.5) is 11.9 Å². The van der Waals surface area contributed by atoms with E-state index in [1.54, 1.807) is 7.11 Å². The molecule has 2 N–H and O–H groups in total. The van der Waals surface area contributed by atoms with Gasteiger partial charge in [0.2, 0.25) is 11.9 Å². The van der Waals surface area contributed by atoms with Gasteiger partial charge >= 0.3 is 6.01 Å². The highest BCUT2D eigenvalue weighted by Crippen LogP contribution is 2.16. The predicted molar refractivity (Wildman–Crippen MR) is 72.6 cm³/mol. The zero-order valence-electron chi connectivity index (χ0n) is 11.5. The van der Waals surface area contributed by atoms with Gasteiger partial charge in [-0.15, -0.1) is 0 Å². The van der Waals surface area contributed by atoms with Gasteiger partial charge in [-0.1, -0.05) is 0 Å². The molecule has 1 atom stereocenters. The van der Waals surface area contributed by atoms with E-state index >= 15 is 0 Å². The Morgan fingerprint density at radius 3 is 2.68 bits per heavy atom. The first kappa shape index (κ1) is 13.8. The standard InChI is InChI=1S/C12H21N5O2/c1-3-13-10-15-11(17-12(16-10)18-2)14-7-6-9-5-4-8-19-9/h9H,3-8H2,1-2H3,(H2,13,14,15,16,17). The van der Waals surface area contributed by atoms with Crippen LogP contribution in [0.5, 0.6) is 6.01 Å². The Labute approximate surface area is 113 Å². The van der Waals surface area contributed by atoms with Crippen LogP contribution in [0, 0.1) is 0 Å². The number of nitrogens with zero attached hydrogens (tertiary/aromatic N) is 3. The molecule has 1 saturated heterocycles. The first-order valence-corrected chi connectivity index (χ1v) is 6.71. The fourth-order valence-corrected chi connectivity index (χ4v) is 1.98. The minimum Gasteiger partial charge on any atom is -0.467 e. The number of anilines is 2. The van der Waals surface area contributed by atoms with Crippen molar-refractivity contribution >= 4 is 11.9 Å². The molecule has 0 radical (unpaired) electrons. The molecule has 1 aromatic heterocycles. The zero-order chi connectivity index (χ0) is 13.5. The van der Waals surface area contributed by atoms with Gasteiger partial charge < -0.3 is 20.1 Å². The monoisotopic (exact) mass is 267 g/mol. The molecule has 2 heterocycles. The van der Waals surface area contributed by atoms with Gasteiger partial charge in [0.1, 0.15) is 0 Å². The third-order valence-electron chi connectivity index (χ3n) is 2.91. The summed E-state index contributed by atoms with van der Waals surface area (Å²) in [7, 11) is 1.54. The summed E-state index contributed by atoms with van der Waals surface area (Å²) in [5.74, 6) is 1.05. The Hall–Kier alpha value is -1.63. The van der Waals surface area contributed by atoms with Crippen molar-refractivity contribution in [2.75, 3.05) is 37.4 Å². The Kier molecular flexibility index (Phi) is 5.14. The number of ether oxygens (including phenoxy) is 2. The van der Waals surface area contributed by atoms with E-state index in [1.807, 2.05) is 6.92 Å². The van der Waals surface area contributed by atoms with E-state index in [9.17, 15) is 0 Å². The third kappa shape index (κ3) is 4.20. The summed E-state index contributed by atoms with van der Waals surface area (Å²) in [6.07, 6.45) is 3.63. The van der Waals surface area contributed by atoms with Gasteiger partial charge in [0, 0.05) is 19.7 Å². The van der Waals surface area contributed by atoms with E-state index in [1.165, 1.54) is 0 Å². The molecule has 1 aliphatic heterocycles. The molecule has 1 aliphatic rings. The largest absolute Gasteiger partial charge is 0.467 e. The number of rotatable bonds is 7. The SMILES string of the molecule is CCNc1nc(NCCC2CCCO2)nc(OC)n1. The van der Waals surface area contributed by atoms with E-state index in [-0.39, 0.29) is 0 Å². The van der Waals surface area contributed by atoms with Crippen molar-refractivity contribution in [1.82, 2.24) is 15.0 Å². The summed E-state index contributed by atoms with van der Waals surface area (Å²) in [5, 5.41) is 6.23. The van der Waals surface area contributed by atoms with E-state index in [0.29, 0.717) is 24.0 Å². The average molecular weight is 267 g/mol. The van der Waals surface area contributed by atoms with Crippen LogP contribution in [-0.4, -0.2) is 47.9 Å². The lowest BCUT2D eigenvalue weighted by Crippen LogP contribution is -2.15. The molecule has 0 spiro atoms. The molecule has 106 valence electrons. The second kappa shape index (κ2) is 7.08. The fourth-order valence-electron chi connectivity index (χ4n) is 1.98. The van der Waals surface area contributed by atoms with Crippen molar-refractivity contribution in [3.8, 4) is 6.01 Å². The van der Waals surface area contributed by atoms with Crippen LogP contribution < -0.4 is 15.4 Å². The molecule has 1 unspecified atom stereocenters. The third-order valence-corrected chi connectivity index (χ3v) is 2.91. The lowest BCUT2D eigenvalue weighted by Gasteiger charge is -2.11. The summed E-state index contributed by atoms with van der Waals surface area (Å²) >= 11 is 0. The van der Waals surface area contributed by atoms with E-state index in [2.05, 4.69) is 25.6 Å². The van der Waals surface area contributed by atoms with Crippen LogP contribution in [0.1, 0.15) is 26.2 Å². The van der Waals surface area contributed by atoms with Crippen molar-refractivity contribution in [3.05, 3.63) is 0 Å². The van der Waals surface area contributed by atoms with Crippen molar-refractivity contribution in [2.45, 2.75) is 32.3 Å². The van der Waals surface area contributed by atoms with Gasteiger partial charge in [-0.05, 0) is 26.2 Å². The smallest absolute Gasteiger partial charge is 0.322 e. The fraction of sp³-hybridized carbons (Fsp3) is 0.750. The van der Waals surface area contributed by atoms with Gasteiger partial charge in [0.15, 0.2) is 0 Å². The molecular formula is C12H21N5O2. The topological polar surface area (TPSA) is 81.2 Å². The maximum Gasteiger partial charge on any atom is 0.322 e. The van der Waals surface area contributed by atoms with Crippen LogP contribution in [0.2, 0.25) is 0 Å². The number of nitrogens with one attached hydrogen (secondary N) is 2. The highest BCUT2D eigenvalue weighted by atomic mass is 16.5. The summed E-state index contributed by atoms with van der Waals surface area (Å²) in [4.78, 5) is 12.5. The maximum atomic E-state index is 5.57. The molecule has 7 nitrogen and oxygen atoms in total. The summed E-state index contributed by atoms with van der Waals surface area (Å²) in [5.41, 5.74) is 0. The molecule has 1 aromatic rings. The highest BCUT2D eigenvalue weighted by molar-refractivity contribution is 5.35. The summed E-state index contributed by atoms with van der Waals surface area (Å²) in [6.45, 7) is 4.40. The van der Waals surface area contributed by atoms with Crippen LogP contribution in [0.3, 0.4) is 0 Å². The number of methoxy groups -OCH3 is 1. The lowest BCUT2D eigenvalue weighted by molar-refractivity contribution is 0.107. The van der Waals surface area contributed by atoms with Crippen molar-refractivity contribution in [3.63, 3.8) is 0 Å². The zero-order valence-corrected chi connectivity index (χ0v) is 11.5. The molecule has 1 fully saturated rings. The Morgan fingerprint density at radius 2 is 2.05 bits per heavy atom. The van der Waals surface area contributed by atoms with Crippen LogP contribution in [0.25, 0.3) is 0 Å². The Bertz CT molecular complexity index is 396. The molecule has 0 bridgehead atoms. The number of hydrogen-bond donors (Lipinski definition) is 2. The Morgan fingerprint density at radius 1 is 1.26 bits per heavy atom. The summed E-state index contributed by atoms with van der Waals surface area (Å²) in [6, 6.07) is 0.311. The minimum absolute atomic E-state index is 0.311.